The molecule has 2 amide bonds. The lowest BCUT2D eigenvalue weighted by molar-refractivity contribution is -0.140. The number of nitrogens with zero attached hydrogens (tertiary/aromatic N) is 2. The molecule has 0 heterocycles. The highest BCUT2D eigenvalue weighted by atomic mass is 35.5. The molecule has 0 spiro atoms. The minimum atomic E-state index is -4.91. The predicted octanol–water partition coefficient (Wildman–Crippen LogP) is 6.73. The van der Waals surface area contributed by atoms with Crippen LogP contribution in [0.3, 0.4) is 0 Å². The summed E-state index contributed by atoms with van der Waals surface area (Å²) in [7, 11) is -4.60. The number of nitrogens with one attached hydrogen (secondary N) is 1. The Morgan fingerprint density at radius 2 is 1.61 bits per heavy atom. The molecular formula is C31H34ClF4N3O4S. The Hall–Kier alpha value is -3.64. The fraction of sp³-hybridized carbons (Fsp3) is 0.355. The van der Waals surface area contributed by atoms with Crippen LogP contribution >= 0.6 is 11.6 Å². The average molecular weight is 656 g/mol. The summed E-state index contributed by atoms with van der Waals surface area (Å²) in [5, 5.41) is 2.13. The Morgan fingerprint density at radius 1 is 0.977 bits per heavy atom. The molecule has 0 radical (unpaired) electrons. The van der Waals surface area contributed by atoms with Crippen molar-refractivity contribution in [3.05, 3.63) is 94.3 Å². The van der Waals surface area contributed by atoms with Gasteiger partial charge in [-0.25, -0.2) is 12.8 Å². The maximum atomic E-state index is 14.0. The molecule has 44 heavy (non-hydrogen) atoms. The summed E-state index contributed by atoms with van der Waals surface area (Å²) in [6, 6.07) is 12.3. The number of hydrogen-bond donors (Lipinski definition) is 1. The lowest BCUT2D eigenvalue weighted by atomic mass is 10.1. The van der Waals surface area contributed by atoms with Crippen LogP contribution in [0.25, 0.3) is 0 Å². The van der Waals surface area contributed by atoms with Gasteiger partial charge in [0.15, 0.2) is 0 Å². The summed E-state index contributed by atoms with van der Waals surface area (Å²) in [5.41, 5.74) is -0.530. The van der Waals surface area contributed by atoms with E-state index in [1.54, 1.807) is 13.8 Å². The molecule has 3 aromatic carbocycles. The first-order chi connectivity index (χ1) is 20.7. The molecule has 0 saturated carbocycles. The fourth-order valence-electron chi connectivity index (χ4n) is 4.46. The highest BCUT2D eigenvalue weighted by Gasteiger charge is 2.37. The molecule has 3 rings (SSSR count). The van der Waals surface area contributed by atoms with Gasteiger partial charge in [-0.15, -0.1) is 0 Å². The van der Waals surface area contributed by atoms with E-state index in [-0.39, 0.29) is 17.9 Å². The lowest BCUT2D eigenvalue weighted by Gasteiger charge is -2.33. The number of sulfonamides is 1. The van der Waals surface area contributed by atoms with Crippen LogP contribution in [0.2, 0.25) is 5.02 Å². The molecule has 13 heteroatoms. The van der Waals surface area contributed by atoms with Gasteiger partial charge in [0.05, 0.1) is 21.2 Å². The predicted molar refractivity (Wildman–Crippen MR) is 161 cm³/mol. The number of benzene rings is 3. The number of anilines is 1. The van der Waals surface area contributed by atoms with Crippen LogP contribution in [0, 0.1) is 12.7 Å². The number of unbranched alkanes of at least 4 members (excludes halogenated alkanes) is 1. The van der Waals surface area contributed by atoms with Crippen LogP contribution in [0.5, 0.6) is 0 Å². The summed E-state index contributed by atoms with van der Waals surface area (Å²) in [4.78, 5) is 28.1. The molecule has 238 valence electrons. The van der Waals surface area contributed by atoms with Gasteiger partial charge in [0.2, 0.25) is 11.8 Å². The number of carbonyl (C=O) groups is 2. The number of carbonyl (C=O) groups excluding carboxylic acids is 2. The van der Waals surface area contributed by atoms with Crippen molar-refractivity contribution in [1.82, 2.24) is 10.2 Å². The SMILES string of the molecule is CCCCNC(=O)[C@@H](CC)N(Cc1ccc(F)cc1)C(=O)CN(c1ccc(Cl)c(C(F)(F)F)c1)S(=O)(=O)c1ccc(C)cc1. The number of aryl methyl sites for hydroxylation is 1. The van der Waals surface area contributed by atoms with Crippen LogP contribution in [0.4, 0.5) is 23.2 Å². The quantitative estimate of drug-likeness (QED) is 0.164. The number of rotatable bonds is 13. The molecule has 0 aliphatic carbocycles. The van der Waals surface area contributed by atoms with Crippen LogP contribution < -0.4 is 9.62 Å². The van der Waals surface area contributed by atoms with Crippen LogP contribution in [0.1, 0.15) is 49.8 Å². The van der Waals surface area contributed by atoms with Crippen LogP contribution in [0.15, 0.2) is 71.6 Å². The third-order valence-corrected chi connectivity index (χ3v) is 9.03. The Labute approximate surface area is 259 Å². The second-order valence-corrected chi connectivity index (χ2v) is 12.5. The molecule has 0 aliphatic rings. The Bertz CT molecular complexity index is 1550. The first-order valence-corrected chi connectivity index (χ1v) is 15.8. The third kappa shape index (κ3) is 8.72. The minimum Gasteiger partial charge on any atom is -0.354 e. The van der Waals surface area contributed by atoms with Gasteiger partial charge in [0.1, 0.15) is 18.4 Å². The molecule has 0 unspecified atom stereocenters. The number of hydrogen-bond acceptors (Lipinski definition) is 4. The average Bonchev–Trinajstić information content (AvgIpc) is 2.96. The van der Waals surface area contributed by atoms with E-state index in [0.717, 1.165) is 29.0 Å². The summed E-state index contributed by atoms with van der Waals surface area (Å²) in [5.74, 6) is -1.85. The molecule has 3 aromatic rings. The number of alkyl halides is 3. The van der Waals surface area contributed by atoms with E-state index in [2.05, 4.69) is 5.32 Å². The molecule has 1 atom stereocenters. The monoisotopic (exact) mass is 655 g/mol. The van der Waals surface area contributed by atoms with Crippen molar-refractivity contribution in [3.63, 3.8) is 0 Å². The third-order valence-electron chi connectivity index (χ3n) is 6.91. The van der Waals surface area contributed by atoms with E-state index in [4.69, 9.17) is 11.6 Å². The minimum absolute atomic E-state index is 0.148. The summed E-state index contributed by atoms with van der Waals surface area (Å²) in [6.07, 6.45) is -3.26. The number of amides is 2. The summed E-state index contributed by atoms with van der Waals surface area (Å²) in [6.45, 7) is 4.57. The van der Waals surface area contributed by atoms with E-state index in [0.29, 0.717) is 28.9 Å². The van der Waals surface area contributed by atoms with E-state index in [1.165, 1.54) is 48.5 Å². The standard InChI is InChI=1S/C31H34ClF4N3O4S/c1-4-6-17-37-30(41)28(5-2)38(19-22-9-11-23(33)12-10-22)29(40)20-39(44(42,43)25-14-7-21(3)8-15-25)24-13-16-27(32)26(18-24)31(34,35)36/h7-16,18,28H,4-6,17,19-20H2,1-3H3,(H,37,41)/t28-/m1/s1. The van der Waals surface area contributed by atoms with Gasteiger partial charge in [-0.3, -0.25) is 13.9 Å². The molecule has 0 fully saturated rings. The van der Waals surface area contributed by atoms with E-state index in [9.17, 15) is 35.6 Å². The van der Waals surface area contributed by atoms with Gasteiger partial charge in [-0.05, 0) is 67.8 Å². The zero-order valence-electron chi connectivity index (χ0n) is 24.5. The number of halogens is 5. The first kappa shape index (κ1) is 34.8. The molecule has 7 nitrogen and oxygen atoms in total. The van der Waals surface area contributed by atoms with Crippen molar-refractivity contribution in [2.75, 3.05) is 17.4 Å². The van der Waals surface area contributed by atoms with E-state index in [1.807, 2.05) is 6.92 Å². The lowest BCUT2D eigenvalue weighted by Crippen LogP contribution is -2.52. The molecule has 0 aromatic heterocycles. The summed E-state index contributed by atoms with van der Waals surface area (Å²) >= 11 is 5.80. The zero-order chi connectivity index (χ0) is 32.7. The highest BCUT2D eigenvalue weighted by Crippen LogP contribution is 2.38. The van der Waals surface area contributed by atoms with E-state index < -0.39 is 62.7 Å². The van der Waals surface area contributed by atoms with Crippen LogP contribution in [-0.2, 0) is 32.3 Å². The maximum absolute atomic E-state index is 14.0. The highest BCUT2D eigenvalue weighted by molar-refractivity contribution is 7.92. The first-order valence-electron chi connectivity index (χ1n) is 14.0. The fourth-order valence-corrected chi connectivity index (χ4v) is 6.09. The van der Waals surface area contributed by atoms with E-state index >= 15 is 0 Å². The topological polar surface area (TPSA) is 86.8 Å². The molecule has 1 N–H and O–H groups in total. The van der Waals surface area contributed by atoms with Gasteiger partial charge in [0, 0.05) is 13.1 Å². The summed E-state index contributed by atoms with van der Waals surface area (Å²) < 4.78 is 83.4. The largest absolute Gasteiger partial charge is 0.417 e. The molecule has 0 aliphatic heterocycles. The normalized spacial score (nSPS) is 12.5. The van der Waals surface area contributed by atoms with Crippen molar-refractivity contribution in [1.29, 1.82) is 0 Å². The Kier molecular flexibility index (Phi) is 11.8. The van der Waals surface area contributed by atoms with Gasteiger partial charge in [0.25, 0.3) is 10.0 Å². The van der Waals surface area contributed by atoms with Crippen molar-refractivity contribution < 1.29 is 35.6 Å². The molecular weight excluding hydrogens is 622 g/mol. The van der Waals surface area contributed by atoms with Crippen molar-refractivity contribution in [2.24, 2.45) is 0 Å². The second-order valence-electron chi connectivity index (χ2n) is 10.2. The van der Waals surface area contributed by atoms with Crippen molar-refractivity contribution >= 4 is 39.1 Å². The Morgan fingerprint density at radius 3 is 2.18 bits per heavy atom. The van der Waals surface area contributed by atoms with Gasteiger partial charge in [-0.1, -0.05) is 61.7 Å². The molecule has 0 bridgehead atoms. The Balaban J connectivity index is 2.12. The second kappa shape index (κ2) is 14.9. The van der Waals surface area contributed by atoms with Gasteiger partial charge >= 0.3 is 6.18 Å². The van der Waals surface area contributed by atoms with Crippen molar-refractivity contribution in [3.8, 4) is 0 Å². The smallest absolute Gasteiger partial charge is 0.354 e. The zero-order valence-corrected chi connectivity index (χ0v) is 26.1. The molecule has 0 saturated heterocycles. The maximum Gasteiger partial charge on any atom is 0.417 e. The van der Waals surface area contributed by atoms with Gasteiger partial charge < -0.3 is 10.2 Å². The van der Waals surface area contributed by atoms with Crippen LogP contribution in [-0.4, -0.2) is 44.3 Å². The van der Waals surface area contributed by atoms with Gasteiger partial charge in [-0.2, -0.15) is 13.2 Å². The van der Waals surface area contributed by atoms with Crippen molar-refractivity contribution in [2.45, 2.75) is 63.7 Å².